The summed E-state index contributed by atoms with van der Waals surface area (Å²) in [6, 6.07) is 8.00. The molecule has 2 aromatic heterocycles. The molecule has 0 saturated heterocycles. The molecule has 1 aromatic carbocycles. The Balaban J connectivity index is 1.48. The van der Waals surface area contributed by atoms with E-state index in [1.54, 1.807) is 6.33 Å². The van der Waals surface area contributed by atoms with Gasteiger partial charge in [-0.05, 0) is 49.3 Å². The second-order valence-corrected chi connectivity index (χ2v) is 7.27. The van der Waals surface area contributed by atoms with Gasteiger partial charge in [-0.25, -0.2) is 0 Å². The fourth-order valence-corrected chi connectivity index (χ4v) is 3.66. The van der Waals surface area contributed by atoms with Crippen molar-refractivity contribution in [1.82, 2.24) is 25.0 Å². The number of hydrogen-bond donors (Lipinski definition) is 2. The van der Waals surface area contributed by atoms with E-state index in [0.717, 1.165) is 60.4 Å². The van der Waals surface area contributed by atoms with Crippen LogP contribution in [0.2, 0.25) is 0 Å². The standard InChI is InChI=1S/C20H24N6O/c1-13(10-18-24-21-12-26(18)2)14-6-5-7-15(11-14)22-20(27)19-16-8-3-4-9-17(16)23-25-19/h5-7,11-13H,3-4,8-10H2,1-2H3,(H,22,27)(H,23,25)/t13-/m1/s1. The van der Waals surface area contributed by atoms with Crippen molar-refractivity contribution in [3.63, 3.8) is 0 Å². The van der Waals surface area contributed by atoms with E-state index in [1.165, 1.54) is 0 Å². The topological polar surface area (TPSA) is 88.5 Å². The zero-order valence-corrected chi connectivity index (χ0v) is 15.7. The predicted octanol–water partition coefficient (Wildman–Crippen LogP) is 3.02. The molecule has 0 radical (unpaired) electrons. The molecule has 1 aliphatic carbocycles. The van der Waals surface area contributed by atoms with Gasteiger partial charge >= 0.3 is 0 Å². The van der Waals surface area contributed by atoms with Gasteiger partial charge in [-0.2, -0.15) is 5.10 Å². The van der Waals surface area contributed by atoms with Gasteiger partial charge in [0.2, 0.25) is 0 Å². The molecule has 7 heteroatoms. The maximum absolute atomic E-state index is 12.7. The van der Waals surface area contributed by atoms with Crippen LogP contribution in [-0.2, 0) is 26.3 Å². The molecule has 0 spiro atoms. The Morgan fingerprint density at radius 1 is 1.33 bits per heavy atom. The van der Waals surface area contributed by atoms with Gasteiger partial charge in [0, 0.05) is 24.7 Å². The second-order valence-electron chi connectivity index (χ2n) is 7.27. The van der Waals surface area contributed by atoms with E-state index in [4.69, 9.17) is 0 Å². The minimum atomic E-state index is -0.122. The fourth-order valence-electron chi connectivity index (χ4n) is 3.66. The van der Waals surface area contributed by atoms with E-state index in [0.29, 0.717) is 5.69 Å². The number of nitrogens with one attached hydrogen (secondary N) is 2. The summed E-state index contributed by atoms with van der Waals surface area (Å²) in [5, 5.41) is 18.4. The highest BCUT2D eigenvalue weighted by Gasteiger charge is 2.21. The first-order valence-electron chi connectivity index (χ1n) is 9.42. The van der Waals surface area contributed by atoms with E-state index in [2.05, 4.69) is 38.7 Å². The minimum absolute atomic E-state index is 0.122. The van der Waals surface area contributed by atoms with Crippen molar-refractivity contribution in [3.8, 4) is 0 Å². The third kappa shape index (κ3) is 3.63. The summed E-state index contributed by atoms with van der Waals surface area (Å²) in [6.45, 7) is 2.15. The van der Waals surface area contributed by atoms with Crippen LogP contribution < -0.4 is 5.32 Å². The van der Waals surface area contributed by atoms with Gasteiger partial charge in [0.15, 0.2) is 0 Å². The molecule has 0 bridgehead atoms. The van der Waals surface area contributed by atoms with Crippen molar-refractivity contribution < 1.29 is 4.79 Å². The van der Waals surface area contributed by atoms with Crippen LogP contribution >= 0.6 is 0 Å². The van der Waals surface area contributed by atoms with Crippen molar-refractivity contribution in [2.75, 3.05) is 5.32 Å². The number of aryl methyl sites for hydroxylation is 2. The summed E-state index contributed by atoms with van der Waals surface area (Å²) in [6.07, 6.45) is 6.63. The normalized spacial score (nSPS) is 14.6. The lowest BCUT2D eigenvalue weighted by molar-refractivity contribution is 0.102. The third-order valence-electron chi connectivity index (χ3n) is 5.28. The van der Waals surface area contributed by atoms with Gasteiger partial charge in [-0.15, -0.1) is 10.2 Å². The number of benzene rings is 1. The summed E-state index contributed by atoms with van der Waals surface area (Å²) in [4.78, 5) is 12.7. The van der Waals surface area contributed by atoms with E-state index in [-0.39, 0.29) is 11.8 Å². The number of rotatable bonds is 5. The van der Waals surface area contributed by atoms with Crippen LogP contribution in [0.5, 0.6) is 0 Å². The monoisotopic (exact) mass is 364 g/mol. The van der Waals surface area contributed by atoms with Crippen LogP contribution in [0.15, 0.2) is 30.6 Å². The Bertz CT molecular complexity index is 957. The number of H-pyrrole nitrogens is 1. The maximum Gasteiger partial charge on any atom is 0.273 e. The van der Waals surface area contributed by atoms with Gasteiger partial charge < -0.3 is 9.88 Å². The molecule has 0 unspecified atom stereocenters. The zero-order valence-electron chi connectivity index (χ0n) is 15.7. The van der Waals surface area contributed by atoms with E-state index in [9.17, 15) is 4.79 Å². The number of amides is 1. The Morgan fingerprint density at radius 2 is 2.19 bits per heavy atom. The number of carbonyl (C=O) groups excluding carboxylic acids is 1. The van der Waals surface area contributed by atoms with E-state index >= 15 is 0 Å². The maximum atomic E-state index is 12.7. The number of aromatic nitrogens is 5. The summed E-state index contributed by atoms with van der Waals surface area (Å²) >= 11 is 0. The lowest BCUT2D eigenvalue weighted by atomic mass is 9.95. The lowest BCUT2D eigenvalue weighted by Gasteiger charge is -2.14. The number of aromatic amines is 1. The molecule has 140 valence electrons. The highest BCUT2D eigenvalue weighted by Crippen LogP contribution is 2.25. The first-order valence-corrected chi connectivity index (χ1v) is 9.42. The minimum Gasteiger partial charge on any atom is -0.321 e. The van der Waals surface area contributed by atoms with Crippen molar-refractivity contribution >= 4 is 11.6 Å². The smallest absolute Gasteiger partial charge is 0.273 e. The van der Waals surface area contributed by atoms with Crippen LogP contribution in [0.3, 0.4) is 0 Å². The van der Waals surface area contributed by atoms with Crippen molar-refractivity contribution in [2.24, 2.45) is 7.05 Å². The number of fused-ring (bicyclic) bond motifs is 1. The lowest BCUT2D eigenvalue weighted by Crippen LogP contribution is -2.16. The average molecular weight is 364 g/mol. The summed E-state index contributed by atoms with van der Waals surface area (Å²) in [5.41, 5.74) is 4.66. The Morgan fingerprint density at radius 3 is 3.00 bits per heavy atom. The molecular formula is C20H24N6O. The average Bonchev–Trinajstić information content (AvgIpc) is 3.28. The molecule has 27 heavy (non-hydrogen) atoms. The number of hydrogen-bond acceptors (Lipinski definition) is 4. The number of carbonyl (C=O) groups is 1. The molecule has 3 aromatic rings. The van der Waals surface area contributed by atoms with Crippen LogP contribution in [0.4, 0.5) is 5.69 Å². The van der Waals surface area contributed by atoms with E-state index < -0.39 is 0 Å². The van der Waals surface area contributed by atoms with E-state index in [1.807, 2.05) is 29.8 Å². The Kier molecular flexibility index (Phi) is 4.75. The molecule has 2 heterocycles. The van der Waals surface area contributed by atoms with Crippen LogP contribution in [0.1, 0.15) is 58.8 Å². The summed E-state index contributed by atoms with van der Waals surface area (Å²) in [5.74, 6) is 1.09. The van der Waals surface area contributed by atoms with Gasteiger partial charge in [0.25, 0.3) is 5.91 Å². The molecule has 2 N–H and O–H groups in total. The third-order valence-corrected chi connectivity index (χ3v) is 5.28. The zero-order chi connectivity index (χ0) is 18.8. The molecule has 0 saturated carbocycles. The van der Waals surface area contributed by atoms with Gasteiger partial charge in [0.1, 0.15) is 17.8 Å². The largest absolute Gasteiger partial charge is 0.321 e. The molecule has 1 aliphatic rings. The molecule has 7 nitrogen and oxygen atoms in total. The SMILES string of the molecule is C[C@H](Cc1nncn1C)c1cccc(NC(=O)c2[nH]nc3c2CCCC3)c1. The first-order chi connectivity index (χ1) is 13.1. The molecule has 4 rings (SSSR count). The second kappa shape index (κ2) is 7.34. The van der Waals surface area contributed by atoms with Crippen LogP contribution in [0, 0.1) is 0 Å². The highest BCUT2D eigenvalue weighted by molar-refractivity contribution is 6.04. The highest BCUT2D eigenvalue weighted by atomic mass is 16.1. The molecule has 0 fully saturated rings. The first kappa shape index (κ1) is 17.5. The van der Waals surface area contributed by atoms with Gasteiger partial charge in [0.05, 0.1) is 5.69 Å². The molecular weight excluding hydrogens is 340 g/mol. The van der Waals surface area contributed by atoms with Crippen molar-refractivity contribution in [1.29, 1.82) is 0 Å². The van der Waals surface area contributed by atoms with Crippen molar-refractivity contribution in [3.05, 3.63) is 58.9 Å². The van der Waals surface area contributed by atoms with Crippen LogP contribution in [-0.4, -0.2) is 30.9 Å². The summed E-state index contributed by atoms with van der Waals surface area (Å²) in [7, 11) is 1.95. The van der Waals surface area contributed by atoms with Crippen LogP contribution in [0.25, 0.3) is 0 Å². The Labute approximate surface area is 158 Å². The molecule has 1 atom stereocenters. The van der Waals surface area contributed by atoms with Gasteiger partial charge in [-0.1, -0.05) is 19.1 Å². The van der Waals surface area contributed by atoms with Crippen molar-refractivity contribution in [2.45, 2.75) is 44.9 Å². The predicted molar refractivity (Wildman–Crippen MR) is 103 cm³/mol. The fraction of sp³-hybridized carbons (Fsp3) is 0.400. The summed E-state index contributed by atoms with van der Waals surface area (Å²) < 4.78 is 1.93. The Hall–Kier alpha value is -2.96. The number of nitrogens with zero attached hydrogens (tertiary/aromatic N) is 4. The van der Waals surface area contributed by atoms with Gasteiger partial charge in [-0.3, -0.25) is 9.89 Å². The molecule has 1 amide bonds. The molecule has 0 aliphatic heterocycles. The number of anilines is 1. The quantitative estimate of drug-likeness (QED) is 0.728.